The average Bonchev–Trinajstić information content (AvgIpc) is 2.81. The fraction of sp³-hybridized carbons (Fsp3) is 0.182. The summed E-state index contributed by atoms with van der Waals surface area (Å²) in [4.78, 5) is 19.6. The van der Waals surface area contributed by atoms with Crippen molar-refractivity contribution in [3.05, 3.63) is 48.3 Å². The predicted octanol–water partition coefficient (Wildman–Crippen LogP) is 1.34. The number of aryl methyl sites for hydroxylation is 1. The van der Waals surface area contributed by atoms with Gasteiger partial charge >= 0.3 is 6.03 Å². The third kappa shape index (κ3) is 2.25. The standard InChI is InChI=1S/C11H12N4O/c1-9-3-2-4-13-10(9)7-14-11(16)15-6-5-12-8-15/h2-6,8H,7H2,1H3,(H,14,16). The molecule has 1 N–H and O–H groups in total. The molecule has 0 fully saturated rings. The monoisotopic (exact) mass is 216 g/mol. The molecule has 0 aliphatic heterocycles. The minimum atomic E-state index is -0.206. The lowest BCUT2D eigenvalue weighted by molar-refractivity contribution is 0.242. The van der Waals surface area contributed by atoms with Crippen molar-refractivity contribution in [2.45, 2.75) is 13.5 Å². The highest BCUT2D eigenvalue weighted by atomic mass is 16.2. The van der Waals surface area contributed by atoms with E-state index in [0.29, 0.717) is 6.54 Å². The molecule has 0 saturated heterocycles. The van der Waals surface area contributed by atoms with Crippen LogP contribution in [0.5, 0.6) is 0 Å². The molecule has 0 aromatic carbocycles. The number of carbonyl (C=O) groups excluding carboxylic acids is 1. The predicted molar refractivity (Wildman–Crippen MR) is 58.8 cm³/mol. The van der Waals surface area contributed by atoms with Crippen molar-refractivity contribution in [1.29, 1.82) is 0 Å². The Morgan fingerprint density at radius 1 is 1.50 bits per heavy atom. The van der Waals surface area contributed by atoms with Gasteiger partial charge in [-0.1, -0.05) is 6.07 Å². The van der Waals surface area contributed by atoms with E-state index in [2.05, 4.69) is 15.3 Å². The van der Waals surface area contributed by atoms with Crippen LogP contribution in [0.25, 0.3) is 0 Å². The number of amides is 1. The van der Waals surface area contributed by atoms with Gasteiger partial charge in [-0.25, -0.2) is 9.78 Å². The van der Waals surface area contributed by atoms with Gasteiger partial charge in [0.1, 0.15) is 6.33 Å². The van der Waals surface area contributed by atoms with E-state index in [9.17, 15) is 4.79 Å². The summed E-state index contributed by atoms with van der Waals surface area (Å²) in [6.07, 6.45) is 6.33. The summed E-state index contributed by atoms with van der Waals surface area (Å²) in [5.74, 6) is 0. The maximum absolute atomic E-state index is 11.6. The highest BCUT2D eigenvalue weighted by Gasteiger charge is 2.04. The Kier molecular flexibility index (Phi) is 2.95. The molecule has 2 aromatic rings. The zero-order valence-corrected chi connectivity index (χ0v) is 8.92. The first-order valence-electron chi connectivity index (χ1n) is 4.94. The number of nitrogens with zero attached hydrogens (tertiary/aromatic N) is 3. The first-order chi connectivity index (χ1) is 7.77. The Morgan fingerprint density at radius 2 is 2.38 bits per heavy atom. The second kappa shape index (κ2) is 4.57. The van der Waals surface area contributed by atoms with Gasteiger partial charge in [-0.05, 0) is 18.6 Å². The lowest BCUT2D eigenvalue weighted by Crippen LogP contribution is -2.27. The van der Waals surface area contributed by atoms with Crippen molar-refractivity contribution in [2.75, 3.05) is 0 Å². The third-order valence-corrected chi connectivity index (χ3v) is 2.26. The van der Waals surface area contributed by atoms with E-state index in [0.717, 1.165) is 11.3 Å². The van der Waals surface area contributed by atoms with Crippen LogP contribution in [0.15, 0.2) is 37.1 Å². The normalized spacial score (nSPS) is 10.1. The Bertz CT molecular complexity index is 478. The number of pyridine rings is 1. The molecular weight excluding hydrogens is 204 g/mol. The quantitative estimate of drug-likeness (QED) is 0.824. The smallest absolute Gasteiger partial charge is 0.327 e. The maximum atomic E-state index is 11.6. The number of aromatic nitrogens is 3. The summed E-state index contributed by atoms with van der Waals surface area (Å²) in [6.45, 7) is 2.38. The van der Waals surface area contributed by atoms with Crippen molar-refractivity contribution in [1.82, 2.24) is 19.9 Å². The molecule has 0 unspecified atom stereocenters. The molecule has 0 spiro atoms. The molecular formula is C11H12N4O. The van der Waals surface area contributed by atoms with Crippen molar-refractivity contribution >= 4 is 6.03 Å². The minimum Gasteiger partial charge on any atom is -0.332 e. The lowest BCUT2D eigenvalue weighted by Gasteiger charge is -2.06. The van der Waals surface area contributed by atoms with Crippen molar-refractivity contribution in [2.24, 2.45) is 0 Å². The molecule has 5 heteroatoms. The highest BCUT2D eigenvalue weighted by molar-refractivity contribution is 5.76. The Morgan fingerprint density at radius 3 is 3.06 bits per heavy atom. The minimum absolute atomic E-state index is 0.206. The van der Waals surface area contributed by atoms with E-state index in [-0.39, 0.29) is 6.03 Å². The fourth-order valence-electron chi connectivity index (χ4n) is 1.33. The summed E-state index contributed by atoms with van der Waals surface area (Å²) in [5, 5.41) is 2.76. The van der Waals surface area contributed by atoms with Gasteiger partial charge < -0.3 is 5.32 Å². The van der Waals surface area contributed by atoms with Gasteiger partial charge in [-0.15, -0.1) is 0 Å². The van der Waals surface area contributed by atoms with Crippen LogP contribution in [0.3, 0.4) is 0 Å². The van der Waals surface area contributed by atoms with Gasteiger partial charge in [0, 0.05) is 18.6 Å². The number of carbonyl (C=O) groups is 1. The van der Waals surface area contributed by atoms with Crippen LogP contribution >= 0.6 is 0 Å². The fourth-order valence-corrected chi connectivity index (χ4v) is 1.33. The summed E-state index contributed by atoms with van der Waals surface area (Å²) >= 11 is 0. The Hall–Kier alpha value is -2.17. The summed E-state index contributed by atoms with van der Waals surface area (Å²) < 4.78 is 1.39. The Balaban J connectivity index is 1.98. The van der Waals surface area contributed by atoms with Gasteiger partial charge in [0.25, 0.3) is 0 Å². The molecule has 5 nitrogen and oxygen atoms in total. The molecule has 2 aromatic heterocycles. The van der Waals surface area contributed by atoms with Crippen molar-refractivity contribution in [3.8, 4) is 0 Å². The zero-order valence-electron chi connectivity index (χ0n) is 8.92. The molecule has 2 heterocycles. The van der Waals surface area contributed by atoms with Gasteiger partial charge in [-0.3, -0.25) is 9.55 Å². The van der Waals surface area contributed by atoms with Crippen LogP contribution in [0.1, 0.15) is 11.3 Å². The van der Waals surface area contributed by atoms with E-state index < -0.39 is 0 Å². The molecule has 0 saturated carbocycles. The van der Waals surface area contributed by atoms with Crippen LogP contribution in [0.2, 0.25) is 0 Å². The molecule has 82 valence electrons. The summed E-state index contributed by atoms with van der Waals surface area (Å²) in [7, 11) is 0. The van der Waals surface area contributed by atoms with E-state index >= 15 is 0 Å². The highest BCUT2D eigenvalue weighted by Crippen LogP contribution is 2.02. The van der Waals surface area contributed by atoms with Crippen LogP contribution < -0.4 is 5.32 Å². The van der Waals surface area contributed by atoms with E-state index in [1.165, 1.54) is 10.9 Å². The van der Waals surface area contributed by atoms with Crippen LogP contribution in [0, 0.1) is 6.92 Å². The van der Waals surface area contributed by atoms with Crippen LogP contribution in [-0.2, 0) is 6.54 Å². The molecule has 0 aliphatic carbocycles. The summed E-state index contributed by atoms with van der Waals surface area (Å²) in [5.41, 5.74) is 1.93. The number of rotatable bonds is 2. The average molecular weight is 216 g/mol. The van der Waals surface area contributed by atoms with Crippen LogP contribution in [-0.4, -0.2) is 20.6 Å². The molecule has 0 radical (unpaired) electrons. The molecule has 1 amide bonds. The van der Waals surface area contributed by atoms with Crippen molar-refractivity contribution < 1.29 is 4.79 Å². The molecule has 0 atom stereocenters. The van der Waals surface area contributed by atoms with Gasteiger partial charge in [0.2, 0.25) is 0 Å². The Labute approximate surface area is 93.2 Å². The number of hydrogen-bond donors (Lipinski definition) is 1. The van der Waals surface area contributed by atoms with E-state index in [1.54, 1.807) is 18.6 Å². The molecule has 0 bridgehead atoms. The lowest BCUT2D eigenvalue weighted by atomic mass is 10.2. The molecule has 2 rings (SSSR count). The largest absolute Gasteiger partial charge is 0.332 e. The number of imidazole rings is 1. The number of nitrogens with one attached hydrogen (secondary N) is 1. The van der Waals surface area contributed by atoms with Crippen LogP contribution in [0.4, 0.5) is 4.79 Å². The van der Waals surface area contributed by atoms with Crippen molar-refractivity contribution in [3.63, 3.8) is 0 Å². The number of hydrogen-bond acceptors (Lipinski definition) is 3. The van der Waals surface area contributed by atoms with Gasteiger partial charge in [0.05, 0.1) is 12.2 Å². The molecule has 0 aliphatic rings. The first kappa shape index (κ1) is 10.4. The van der Waals surface area contributed by atoms with Gasteiger partial charge in [0.15, 0.2) is 0 Å². The maximum Gasteiger partial charge on any atom is 0.327 e. The third-order valence-electron chi connectivity index (χ3n) is 2.26. The summed E-state index contributed by atoms with van der Waals surface area (Å²) in [6, 6.07) is 3.63. The van der Waals surface area contributed by atoms with E-state index in [4.69, 9.17) is 0 Å². The SMILES string of the molecule is Cc1cccnc1CNC(=O)n1ccnc1. The first-order valence-corrected chi connectivity index (χ1v) is 4.94. The van der Waals surface area contributed by atoms with E-state index in [1.807, 2.05) is 19.1 Å². The molecule has 16 heavy (non-hydrogen) atoms. The zero-order chi connectivity index (χ0) is 11.4. The van der Waals surface area contributed by atoms with Gasteiger partial charge in [-0.2, -0.15) is 0 Å². The second-order valence-electron chi connectivity index (χ2n) is 3.40. The second-order valence-corrected chi connectivity index (χ2v) is 3.40. The topological polar surface area (TPSA) is 59.8 Å².